The van der Waals surface area contributed by atoms with Crippen molar-refractivity contribution in [2.75, 3.05) is 0 Å². The number of amides is 1. The predicted molar refractivity (Wildman–Crippen MR) is 70.2 cm³/mol. The van der Waals surface area contributed by atoms with Crippen LogP contribution in [0, 0.1) is 11.3 Å². The molecule has 1 aliphatic rings. The Hall–Kier alpha value is -1.06. The standard InChI is InChI=1S/C14H25NO3/c1-10(2)15(9-16)14(12(17)18)7-6-13(4,5)8-11(14)3/h9-11H,6-8H2,1-5H3,(H,17,18). The van der Waals surface area contributed by atoms with Gasteiger partial charge in [0.05, 0.1) is 0 Å². The molecule has 0 saturated heterocycles. The molecule has 1 amide bonds. The van der Waals surface area contributed by atoms with Gasteiger partial charge in [-0.25, -0.2) is 4.79 Å². The third-order valence-electron chi connectivity index (χ3n) is 4.36. The maximum Gasteiger partial charge on any atom is 0.329 e. The molecule has 0 aromatic rings. The summed E-state index contributed by atoms with van der Waals surface area (Å²) in [6.45, 7) is 10.0. The molecule has 0 bridgehead atoms. The lowest BCUT2D eigenvalue weighted by Gasteiger charge is -2.51. The molecule has 0 aromatic carbocycles. The lowest BCUT2D eigenvalue weighted by molar-refractivity contribution is -0.167. The lowest BCUT2D eigenvalue weighted by Crippen LogP contribution is -2.63. The van der Waals surface area contributed by atoms with Gasteiger partial charge in [0.15, 0.2) is 0 Å². The quantitative estimate of drug-likeness (QED) is 0.785. The number of carboxylic acid groups (broad SMARTS) is 1. The van der Waals surface area contributed by atoms with Crippen molar-refractivity contribution in [3.05, 3.63) is 0 Å². The van der Waals surface area contributed by atoms with E-state index >= 15 is 0 Å². The summed E-state index contributed by atoms with van der Waals surface area (Å²) in [5, 5.41) is 9.68. The molecule has 2 unspecified atom stereocenters. The Morgan fingerprint density at radius 3 is 2.28 bits per heavy atom. The lowest BCUT2D eigenvalue weighted by atomic mass is 9.63. The average Bonchev–Trinajstić information content (AvgIpc) is 2.20. The summed E-state index contributed by atoms with van der Waals surface area (Å²) in [6, 6.07) is -0.0951. The molecule has 4 heteroatoms. The van der Waals surface area contributed by atoms with Crippen molar-refractivity contribution in [2.45, 2.75) is 65.5 Å². The summed E-state index contributed by atoms with van der Waals surface area (Å²) in [4.78, 5) is 24.6. The fourth-order valence-corrected chi connectivity index (χ4v) is 3.36. The molecule has 1 rings (SSSR count). The third kappa shape index (κ3) is 2.38. The fourth-order valence-electron chi connectivity index (χ4n) is 3.36. The molecule has 0 spiro atoms. The molecule has 104 valence electrons. The first-order valence-electron chi connectivity index (χ1n) is 6.64. The first-order valence-corrected chi connectivity index (χ1v) is 6.64. The van der Waals surface area contributed by atoms with Crippen LogP contribution in [0.3, 0.4) is 0 Å². The van der Waals surface area contributed by atoms with Gasteiger partial charge < -0.3 is 10.0 Å². The van der Waals surface area contributed by atoms with Crippen molar-refractivity contribution < 1.29 is 14.7 Å². The van der Waals surface area contributed by atoms with Crippen LogP contribution >= 0.6 is 0 Å². The van der Waals surface area contributed by atoms with E-state index in [1.54, 1.807) is 0 Å². The second-order valence-corrected chi connectivity index (χ2v) is 6.61. The van der Waals surface area contributed by atoms with Crippen molar-refractivity contribution in [3.63, 3.8) is 0 Å². The van der Waals surface area contributed by atoms with Gasteiger partial charge in [0.1, 0.15) is 5.54 Å². The molecule has 0 radical (unpaired) electrons. The van der Waals surface area contributed by atoms with Gasteiger partial charge >= 0.3 is 5.97 Å². The van der Waals surface area contributed by atoms with Crippen molar-refractivity contribution in [2.24, 2.45) is 11.3 Å². The number of aliphatic carboxylic acids is 1. The second kappa shape index (κ2) is 4.90. The van der Waals surface area contributed by atoms with Gasteiger partial charge in [0.25, 0.3) is 0 Å². The molecule has 1 saturated carbocycles. The van der Waals surface area contributed by atoms with E-state index in [1.807, 2.05) is 20.8 Å². The monoisotopic (exact) mass is 255 g/mol. The van der Waals surface area contributed by atoms with Gasteiger partial charge in [-0.05, 0) is 44.4 Å². The molecule has 4 nitrogen and oxygen atoms in total. The first-order chi connectivity index (χ1) is 8.17. The SMILES string of the molecule is CC(C)N(C=O)C1(C(=O)O)CCC(C)(C)CC1C. The molecule has 0 heterocycles. The number of rotatable bonds is 4. The second-order valence-electron chi connectivity index (χ2n) is 6.61. The number of nitrogens with zero attached hydrogens (tertiary/aromatic N) is 1. The molecule has 1 N–H and O–H groups in total. The molecule has 0 aromatic heterocycles. The van der Waals surface area contributed by atoms with E-state index in [4.69, 9.17) is 0 Å². The van der Waals surface area contributed by atoms with Gasteiger partial charge in [-0.3, -0.25) is 4.79 Å². The van der Waals surface area contributed by atoms with E-state index in [-0.39, 0.29) is 17.4 Å². The molecular formula is C14H25NO3. The van der Waals surface area contributed by atoms with Crippen LogP contribution in [0.25, 0.3) is 0 Å². The summed E-state index contributed by atoms with van der Waals surface area (Å²) in [5.74, 6) is -0.905. The van der Waals surface area contributed by atoms with Crippen LogP contribution < -0.4 is 0 Å². The Kier molecular flexibility index (Phi) is 4.08. The molecule has 1 aliphatic carbocycles. The highest BCUT2D eigenvalue weighted by atomic mass is 16.4. The van der Waals surface area contributed by atoms with Gasteiger partial charge in [-0.2, -0.15) is 0 Å². The molecule has 18 heavy (non-hydrogen) atoms. The first kappa shape index (κ1) is 15.0. The zero-order valence-electron chi connectivity index (χ0n) is 12.1. The zero-order valence-corrected chi connectivity index (χ0v) is 12.1. The normalized spacial score (nSPS) is 31.1. The number of carbonyl (C=O) groups is 2. The largest absolute Gasteiger partial charge is 0.479 e. The smallest absolute Gasteiger partial charge is 0.329 e. The van der Waals surface area contributed by atoms with Gasteiger partial charge in [0.2, 0.25) is 6.41 Å². The Labute approximate surface area is 109 Å². The van der Waals surface area contributed by atoms with Crippen molar-refractivity contribution >= 4 is 12.4 Å². The van der Waals surface area contributed by atoms with Gasteiger partial charge in [-0.15, -0.1) is 0 Å². The van der Waals surface area contributed by atoms with E-state index in [0.717, 1.165) is 12.8 Å². The van der Waals surface area contributed by atoms with Crippen LogP contribution in [0.1, 0.15) is 53.9 Å². The molecule has 0 aliphatic heterocycles. The summed E-state index contributed by atoms with van der Waals surface area (Å²) in [5.41, 5.74) is -0.880. The van der Waals surface area contributed by atoms with E-state index in [1.165, 1.54) is 4.90 Å². The Bertz CT molecular complexity index is 338. The van der Waals surface area contributed by atoms with E-state index in [2.05, 4.69) is 13.8 Å². The number of hydrogen-bond donors (Lipinski definition) is 1. The van der Waals surface area contributed by atoms with Gasteiger partial charge in [-0.1, -0.05) is 20.8 Å². The fraction of sp³-hybridized carbons (Fsp3) is 0.857. The summed E-state index contributed by atoms with van der Waals surface area (Å²) in [6.07, 6.45) is 2.90. The Balaban J connectivity index is 3.17. The summed E-state index contributed by atoms with van der Waals surface area (Å²) < 4.78 is 0. The van der Waals surface area contributed by atoms with Crippen molar-refractivity contribution in [3.8, 4) is 0 Å². The summed E-state index contributed by atoms with van der Waals surface area (Å²) in [7, 11) is 0. The van der Waals surface area contributed by atoms with Crippen molar-refractivity contribution in [1.29, 1.82) is 0 Å². The van der Waals surface area contributed by atoms with Crippen LogP contribution in [-0.4, -0.2) is 34.0 Å². The van der Waals surface area contributed by atoms with E-state index < -0.39 is 11.5 Å². The van der Waals surface area contributed by atoms with Crippen LogP contribution in [0.2, 0.25) is 0 Å². The molecule has 2 atom stereocenters. The molecular weight excluding hydrogens is 230 g/mol. The topological polar surface area (TPSA) is 57.6 Å². The molecule has 1 fully saturated rings. The van der Waals surface area contributed by atoms with Crippen molar-refractivity contribution in [1.82, 2.24) is 4.90 Å². The highest BCUT2D eigenvalue weighted by Gasteiger charge is 2.53. The minimum absolute atomic E-state index is 0.0358. The van der Waals surface area contributed by atoms with Crippen LogP contribution in [0.4, 0.5) is 0 Å². The Morgan fingerprint density at radius 2 is 1.94 bits per heavy atom. The van der Waals surface area contributed by atoms with E-state index in [9.17, 15) is 14.7 Å². The number of carbonyl (C=O) groups excluding carboxylic acids is 1. The van der Waals surface area contributed by atoms with Crippen LogP contribution in [0.15, 0.2) is 0 Å². The van der Waals surface area contributed by atoms with Crippen LogP contribution in [-0.2, 0) is 9.59 Å². The minimum Gasteiger partial charge on any atom is -0.479 e. The Morgan fingerprint density at radius 1 is 1.39 bits per heavy atom. The average molecular weight is 255 g/mol. The third-order valence-corrected chi connectivity index (χ3v) is 4.36. The number of hydrogen-bond acceptors (Lipinski definition) is 2. The maximum absolute atomic E-state index is 11.8. The van der Waals surface area contributed by atoms with Crippen LogP contribution in [0.5, 0.6) is 0 Å². The highest BCUT2D eigenvalue weighted by Crippen LogP contribution is 2.47. The highest BCUT2D eigenvalue weighted by molar-refractivity contribution is 5.82. The number of carboxylic acids is 1. The maximum atomic E-state index is 11.8. The van der Waals surface area contributed by atoms with Gasteiger partial charge in [0, 0.05) is 6.04 Å². The zero-order chi connectivity index (χ0) is 14.1. The van der Waals surface area contributed by atoms with E-state index in [0.29, 0.717) is 12.8 Å². The summed E-state index contributed by atoms with van der Waals surface area (Å²) >= 11 is 0. The minimum atomic E-state index is -1.04. The predicted octanol–water partition coefficient (Wildman–Crippen LogP) is 2.52.